The second kappa shape index (κ2) is 11.3. The molecule has 0 bridgehead atoms. The summed E-state index contributed by atoms with van der Waals surface area (Å²) in [6, 6.07) is 13.0. The van der Waals surface area contributed by atoms with Crippen LogP contribution in [0.4, 0.5) is 13.2 Å². The van der Waals surface area contributed by atoms with E-state index in [9.17, 15) is 18.0 Å². The van der Waals surface area contributed by atoms with Gasteiger partial charge >= 0.3 is 12.1 Å². The van der Waals surface area contributed by atoms with Crippen LogP contribution in [0.25, 0.3) is 11.3 Å². The summed E-state index contributed by atoms with van der Waals surface area (Å²) in [5, 5.41) is 15.4. The number of carbonyl (C=O) groups is 2. The number of benzene rings is 2. The summed E-state index contributed by atoms with van der Waals surface area (Å²) in [6.45, 7) is 1.22. The molecule has 3 aromatic rings. The first-order chi connectivity index (χ1) is 17.0. The summed E-state index contributed by atoms with van der Waals surface area (Å²) in [6.07, 6.45) is -3.63. The number of ether oxygens (including phenoxy) is 2. The third-order valence-corrected chi connectivity index (χ3v) is 5.74. The van der Waals surface area contributed by atoms with Gasteiger partial charge in [0.25, 0.3) is 5.91 Å². The topological polar surface area (TPSA) is 105 Å². The Morgan fingerprint density at radius 2 is 1.69 bits per heavy atom. The first-order valence-corrected chi connectivity index (χ1v) is 11.1. The molecule has 4 rings (SSSR count). The van der Waals surface area contributed by atoms with Crippen molar-refractivity contribution in [2.45, 2.75) is 19.0 Å². The number of aromatic nitrogens is 2. The third-order valence-electron chi connectivity index (χ3n) is 5.50. The molecule has 0 saturated heterocycles. The standard InChI is InChI=1S/C22H22ClN3O3.C2HF3O2/c1-28-16-6-3-14(4-7-16)21-17-9-11-26(12-10-19(17)24-25-21)22(27)18-8-5-15(23)13-20(18)29-2;3-2(4,5)1(6)7/h3-8,13H,9-12H2,1-2H3,(H,24,25);(H,6,7). The average Bonchev–Trinajstić information content (AvgIpc) is 3.14. The number of rotatable bonds is 4. The molecule has 1 aliphatic heterocycles. The molecule has 2 aromatic carbocycles. The molecular formula is C24H23ClF3N3O5. The molecule has 192 valence electrons. The van der Waals surface area contributed by atoms with Crippen LogP contribution in [0.2, 0.25) is 5.02 Å². The van der Waals surface area contributed by atoms with Gasteiger partial charge in [-0.15, -0.1) is 0 Å². The van der Waals surface area contributed by atoms with Crippen LogP contribution in [-0.2, 0) is 17.6 Å². The number of H-pyrrole nitrogens is 1. The highest BCUT2D eigenvalue weighted by molar-refractivity contribution is 6.30. The van der Waals surface area contributed by atoms with Crippen LogP contribution in [0.5, 0.6) is 11.5 Å². The van der Waals surface area contributed by atoms with E-state index < -0.39 is 12.1 Å². The Balaban J connectivity index is 0.000000454. The van der Waals surface area contributed by atoms with Crippen molar-refractivity contribution in [2.75, 3.05) is 27.3 Å². The summed E-state index contributed by atoms with van der Waals surface area (Å²) in [4.78, 5) is 23.9. The van der Waals surface area contributed by atoms with Crippen molar-refractivity contribution in [1.82, 2.24) is 15.1 Å². The van der Waals surface area contributed by atoms with Gasteiger partial charge in [-0.2, -0.15) is 18.3 Å². The fourth-order valence-electron chi connectivity index (χ4n) is 3.69. The zero-order chi connectivity index (χ0) is 26.5. The maximum absolute atomic E-state index is 13.1. The molecule has 8 nitrogen and oxygen atoms in total. The van der Waals surface area contributed by atoms with E-state index >= 15 is 0 Å². The first-order valence-electron chi connectivity index (χ1n) is 10.7. The number of carboxylic acids is 1. The molecular weight excluding hydrogens is 503 g/mol. The van der Waals surface area contributed by atoms with E-state index in [1.807, 2.05) is 29.2 Å². The molecule has 1 aromatic heterocycles. The molecule has 0 aliphatic carbocycles. The van der Waals surface area contributed by atoms with Gasteiger partial charge in [0.1, 0.15) is 11.5 Å². The number of carbonyl (C=O) groups excluding carboxylic acids is 1. The zero-order valence-electron chi connectivity index (χ0n) is 19.4. The number of amides is 1. The van der Waals surface area contributed by atoms with Crippen molar-refractivity contribution in [3.8, 4) is 22.8 Å². The van der Waals surface area contributed by atoms with E-state index in [1.54, 1.807) is 32.4 Å². The highest BCUT2D eigenvalue weighted by Gasteiger charge is 2.38. The molecule has 0 saturated carbocycles. The average molecular weight is 526 g/mol. The Morgan fingerprint density at radius 1 is 1.06 bits per heavy atom. The Morgan fingerprint density at radius 3 is 2.28 bits per heavy atom. The fraction of sp³-hybridized carbons (Fsp3) is 0.292. The van der Waals surface area contributed by atoms with Crippen LogP contribution >= 0.6 is 11.6 Å². The normalized spacial score (nSPS) is 13.1. The largest absolute Gasteiger partial charge is 0.497 e. The lowest BCUT2D eigenvalue weighted by Crippen LogP contribution is -2.33. The van der Waals surface area contributed by atoms with Crippen LogP contribution in [0, 0.1) is 0 Å². The van der Waals surface area contributed by atoms with Gasteiger partial charge in [-0.1, -0.05) is 11.6 Å². The number of hydrogen-bond donors (Lipinski definition) is 2. The van der Waals surface area contributed by atoms with Gasteiger partial charge in [-0.05, 0) is 48.9 Å². The Hall–Kier alpha value is -3.73. The lowest BCUT2D eigenvalue weighted by molar-refractivity contribution is -0.192. The maximum atomic E-state index is 13.1. The molecule has 0 atom stereocenters. The predicted molar refractivity (Wildman–Crippen MR) is 126 cm³/mol. The quantitative estimate of drug-likeness (QED) is 0.515. The number of nitrogens with one attached hydrogen (secondary N) is 1. The van der Waals surface area contributed by atoms with E-state index in [-0.39, 0.29) is 5.91 Å². The maximum Gasteiger partial charge on any atom is 0.490 e. The van der Waals surface area contributed by atoms with Crippen LogP contribution in [-0.4, -0.2) is 65.6 Å². The Labute approximate surface area is 209 Å². The van der Waals surface area contributed by atoms with Gasteiger partial charge < -0.3 is 19.5 Å². The van der Waals surface area contributed by atoms with E-state index in [0.717, 1.165) is 41.1 Å². The fourth-order valence-corrected chi connectivity index (χ4v) is 3.85. The van der Waals surface area contributed by atoms with Crippen molar-refractivity contribution < 1.29 is 37.3 Å². The summed E-state index contributed by atoms with van der Waals surface area (Å²) in [5.41, 5.74) is 4.72. The van der Waals surface area contributed by atoms with E-state index in [1.165, 1.54) is 0 Å². The van der Waals surface area contributed by atoms with E-state index in [0.29, 0.717) is 29.4 Å². The monoisotopic (exact) mass is 525 g/mol. The van der Waals surface area contributed by atoms with Gasteiger partial charge in [0.15, 0.2) is 0 Å². The highest BCUT2D eigenvalue weighted by Crippen LogP contribution is 2.29. The lowest BCUT2D eigenvalue weighted by Gasteiger charge is -2.21. The number of aliphatic carboxylic acids is 1. The number of hydrogen-bond acceptors (Lipinski definition) is 5. The number of halogens is 4. The number of carboxylic acid groups (broad SMARTS) is 1. The molecule has 1 amide bonds. The van der Waals surface area contributed by atoms with E-state index in [2.05, 4.69) is 10.2 Å². The van der Waals surface area contributed by atoms with Gasteiger partial charge in [0.05, 0.1) is 25.5 Å². The molecule has 2 heterocycles. The number of methoxy groups -OCH3 is 2. The van der Waals surface area contributed by atoms with Gasteiger partial charge in [0, 0.05) is 41.4 Å². The van der Waals surface area contributed by atoms with Crippen molar-refractivity contribution >= 4 is 23.5 Å². The van der Waals surface area contributed by atoms with Crippen molar-refractivity contribution in [2.24, 2.45) is 0 Å². The minimum absolute atomic E-state index is 0.0531. The van der Waals surface area contributed by atoms with Crippen molar-refractivity contribution in [3.05, 3.63) is 64.3 Å². The molecule has 0 spiro atoms. The number of nitrogens with zero attached hydrogens (tertiary/aromatic N) is 2. The van der Waals surface area contributed by atoms with Crippen molar-refractivity contribution in [1.29, 1.82) is 0 Å². The van der Waals surface area contributed by atoms with Crippen LogP contribution in [0.15, 0.2) is 42.5 Å². The molecule has 0 fully saturated rings. The summed E-state index contributed by atoms with van der Waals surface area (Å²) >= 11 is 6.03. The summed E-state index contributed by atoms with van der Waals surface area (Å²) in [5.74, 6) is -1.51. The third kappa shape index (κ3) is 6.28. The zero-order valence-corrected chi connectivity index (χ0v) is 20.1. The van der Waals surface area contributed by atoms with Crippen LogP contribution in [0.3, 0.4) is 0 Å². The molecule has 0 radical (unpaired) electrons. The highest BCUT2D eigenvalue weighted by atomic mass is 35.5. The smallest absolute Gasteiger partial charge is 0.490 e. The molecule has 2 N–H and O–H groups in total. The molecule has 12 heteroatoms. The minimum Gasteiger partial charge on any atom is -0.497 e. The second-order valence-electron chi connectivity index (χ2n) is 7.70. The van der Waals surface area contributed by atoms with Crippen LogP contribution in [0.1, 0.15) is 21.6 Å². The molecule has 0 unspecified atom stereocenters. The first kappa shape index (κ1) is 26.9. The Bertz CT molecular complexity index is 1230. The minimum atomic E-state index is -5.08. The summed E-state index contributed by atoms with van der Waals surface area (Å²) < 4.78 is 42.3. The lowest BCUT2D eigenvalue weighted by atomic mass is 10.0. The molecule has 36 heavy (non-hydrogen) atoms. The van der Waals surface area contributed by atoms with E-state index in [4.69, 9.17) is 31.0 Å². The number of aromatic amines is 1. The number of fused-ring (bicyclic) bond motifs is 1. The molecule has 1 aliphatic rings. The van der Waals surface area contributed by atoms with Gasteiger partial charge in [-0.25, -0.2) is 4.79 Å². The number of alkyl halides is 3. The van der Waals surface area contributed by atoms with Gasteiger partial charge in [-0.3, -0.25) is 9.89 Å². The Kier molecular flexibility index (Phi) is 8.46. The SMILES string of the molecule is COc1ccc(-c2n[nH]c3c2CCN(C(=O)c2ccc(Cl)cc2OC)CC3)cc1.O=C(O)C(F)(F)F. The summed E-state index contributed by atoms with van der Waals surface area (Å²) in [7, 11) is 3.19. The van der Waals surface area contributed by atoms with Crippen molar-refractivity contribution in [3.63, 3.8) is 0 Å². The van der Waals surface area contributed by atoms with Crippen LogP contribution < -0.4 is 9.47 Å². The van der Waals surface area contributed by atoms with Gasteiger partial charge in [0.2, 0.25) is 0 Å². The predicted octanol–water partition coefficient (Wildman–Crippen LogP) is 4.62. The second-order valence-corrected chi connectivity index (χ2v) is 8.13.